The van der Waals surface area contributed by atoms with E-state index in [1.165, 1.54) is 12.0 Å². The summed E-state index contributed by atoms with van der Waals surface area (Å²) in [4.78, 5) is 40.0. The van der Waals surface area contributed by atoms with Crippen molar-refractivity contribution in [1.82, 2.24) is 5.32 Å². The van der Waals surface area contributed by atoms with Crippen molar-refractivity contribution >= 4 is 40.1 Å². The van der Waals surface area contributed by atoms with Crippen LogP contribution in [0.1, 0.15) is 21.5 Å². The summed E-state index contributed by atoms with van der Waals surface area (Å²) in [7, 11) is 1.32. The first-order chi connectivity index (χ1) is 18.5. The molecule has 0 aliphatic carbocycles. The van der Waals surface area contributed by atoms with Crippen LogP contribution in [0.15, 0.2) is 102 Å². The number of thiophene rings is 1. The van der Waals surface area contributed by atoms with Crippen molar-refractivity contribution in [2.75, 3.05) is 12.9 Å². The molecule has 0 radical (unpaired) electrons. The molecular formula is C31H29NO4S2. The van der Waals surface area contributed by atoms with E-state index in [0.29, 0.717) is 18.4 Å². The highest BCUT2D eigenvalue weighted by Gasteiger charge is 2.27. The second kappa shape index (κ2) is 13.7. The molecular weight excluding hydrogens is 514 g/mol. The third-order valence-electron chi connectivity index (χ3n) is 6.12. The molecule has 3 aromatic carbocycles. The van der Waals surface area contributed by atoms with Crippen LogP contribution in [-0.2, 0) is 27.2 Å². The van der Waals surface area contributed by atoms with Crippen molar-refractivity contribution in [3.05, 3.63) is 119 Å². The summed E-state index contributed by atoms with van der Waals surface area (Å²) in [5, 5.41) is 4.85. The van der Waals surface area contributed by atoms with Crippen LogP contribution in [0.2, 0.25) is 0 Å². The van der Waals surface area contributed by atoms with Crippen LogP contribution in [0, 0.1) is 5.92 Å². The minimum Gasteiger partial charge on any atom is -0.467 e. The summed E-state index contributed by atoms with van der Waals surface area (Å²) in [6.45, 7) is 0. The van der Waals surface area contributed by atoms with Gasteiger partial charge in [0.15, 0.2) is 0 Å². The fourth-order valence-corrected chi connectivity index (χ4v) is 5.73. The van der Waals surface area contributed by atoms with E-state index in [0.717, 1.165) is 28.5 Å². The average molecular weight is 544 g/mol. The van der Waals surface area contributed by atoms with E-state index in [1.807, 2.05) is 84.2 Å². The van der Waals surface area contributed by atoms with Crippen LogP contribution in [0.5, 0.6) is 0 Å². The van der Waals surface area contributed by atoms with Crippen molar-refractivity contribution < 1.29 is 19.1 Å². The number of esters is 1. The Hall–Kier alpha value is -3.68. The molecule has 0 aliphatic heterocycles. The molecule has 0 spiro atoms. The smallest absolute Gasteiger partial charge is 0.328 e. The van der Waals surface area contributed by atoms with Crippen LogP contribution in [0.4, 0.5) is 0 Å². The van der Waals surface area contributed by atoms with Gasteiger partial charge in [-0.1, -0.05) is 103 Å². The molecule has 1 amide bonds. The predicted molar refractivity (Wildman–Crippen MR) is 154 cm³/mol. The molecule has 4 aromatic rings. The zero-order valence-electron chi connectivity index (χ0n) is 21.0. The van der Waals surface area contributed by atoms with E-state index < -0.39 is 17.9 Å². The highest BCUT2D eigenvalue weighted by atomic mass is 32.2. The molecule has 0 saturated carbocycles. The van der Waals surface area contributed by atoms with Crippen LogP contribution in [-0.4, -0.2) is 35.9 Å². The van der Waals surface area contributed by atoms with Gasteiger partial charge in [-0.2, -0.15) is 0 Å². The maximum Gasteiger partial charge on any atom is 0.328 e. The van der Waals surface area contributed by atoms with E-state index in [1.54, 1.807) is 23.5 Å². The van der Waals surface area contributed by atoms with Gasteiger partial charge in [0.05, 0.1) is 13.0 Å². The first kappa shape index (κ1) is 27.4. The Balaban J connectivity index is 1.46. The van der Waals surface area contributed by atoms with Gasteiger partial charge in [0.25, 0.3) is 0 Å². The molecule has 0 unspecified atom stereocenters. The fourth-order valence-electron chi connectivity index (χ4n) is 4.07. The zero-order valence-corrected chi connectivity index (χ0v) is 22.7. The number of methoxy groups -OCH3 is 1. The number of benzene rings is 3. The number of nitrogens with one attached hydrogen (secondary N) is 1. The third kappa shape index (κ3) is 7.66. The molecule has 0 saturated heterocycles. The van der Waals surface area contributed by atoms with Crippen molar-refractivity contribution in [2.45, 2.75) is 18.9 Å². The summed E-state index contributed by atoms with van der Waals surface area (Å²) in [6.07, 6.45) is 0.752. The minimum atomic E-state index is -0.840. The number of hydrogen-bond donors (Lipinski definition) is 1. The Morgan fingerprint density at radius 2 is 1.47 bits per heavy atom. The molecule has 1 heterocycles. The van der Waals surface area contributed by atoms with Gasteiger partial charge in [-0.3, -0.25) is 9.59 Å². The third-order valence-corrected chi connectivity index (χ3v) is 8.11. The summed E-state index contributed by atoms with van der Waals surface area (Å²) < 4.78 is 5.01. The maximum atomic E-state index is 13.5. The molecule has 0 fully saturated rings. The largest absolute Gasteiger partial charge is 0.467 e. The summed E-state index contributed by atoms with van der Waals surface area (Å²) in [5.41, 5.74) is 3.59. The second-order valence-corrected chi connectivity index (χ2v) is 10.8. The Morgan fingerprint density at radius 1 is 0.816 bits per heavy atom. The number of rotatable bonds is 11. The maximum absolute atomic E-state index is 13.5. The van der Waals surface area contributed by atoms with Gasteiger partial charge >= 0.3 is 5.97 Å². The van der Waals surface area contributed by atoms with Gasteiger partial charge < -0.3 is 10.1 Å². The van der Waals surface area contributed by atoms with Crippen molar-refractivity contribution in [3.63, 3.8) is 0 Å². The molecule has 4 rings (SSSR count). The van der Waals surface area contributed by atoms with E-state index in [9.17, 15) is 14.4 Å². The molecule has 7 heteroatoms. The number of carbonyl (C=O) groups excluding carboxylic acids is 3. The lowest BCUT2D eigenvalue weighted by molar-refractivity contribution is -0.145. The quantitative estimate of drug-likeness (QED) is 0.233. The molecule has 1 N–H and O–H groups in total. The Kier molecular flexibility index (Phi) is 9.90. The van der Waals surface area contributed by atoms with Crippen LogP contribution < -0.4 is 5.32 Å². The molecule has 38 heavy (non-hydrogen) atoms. The molecule has 1 aromatic heterocycles. The first-order valence-corrected chi connectivity index (χ1v) is 14.2. The first-order valence-electron chi connectivity index (χ1n) is 12.3. The normalized spacial score (nSPS) is 12.3. The molecule has 194 valence electrons. The van der Waals surface area contributed by atoms with Crippen molar-refractivity contribution in [2.24, 2.45) is 5.92 Å². The van der Waals surface area contributed by atoms with Crippen molar-refractivity contribution in [3.8, 4) is 10.4 Å². The van der Waals surface area contributed by atoms with E-state index in [-0.39, 0.29) is 16.8 Å². The SMILES string of the molecule is COC(=O)[C@H](Cc1ccc(-c2cccs2)cc1)NC(=O)[C@@H](CSC(=O)c1ccccc1)Cc1ccccc1. The fraction of sp³-hybridized carbons (Fsp3) is 0.194. The van der Waals surface area contributed by atoms with Crippen LogP contribution in [0.25, 0.3) is 10.4 Å². The lowest BCUT2D eigenvalue weighted by Gasteiger charge is -2.21. The standard InChI is InChI=1S/C31H29NO4S2/c1-36-30(34)27(20-23-14-16-24(17-15-23)28-13-8-18-37-28)32-29(33)26(19-22-9-4-2-5-10-22)21-38-31(35)25-11-6-3-7-12-25/h2-18,26-27H,19-21H2,1H3,(H,32,33)/t26-,27+/m1/s1. The van der Waals surface area contributed by atoms with Gasteiger partial charge in [-0.05, 0) is 34.6 Å². The lowest BCUT2D eigenvalue weighted by Crippen LogP contribution is -2.46. The van der Waals surface area contributed by atoms with Gasteiger partial charge in [0, 0.05) is 22.6 Å². The summed E-state index contributed by atoms with van der Waals surface area (Å²) in [6, 6.07) is 29.9. The average Bonchev–Trinajstić information content (AvgIpc) is 3.51. The number of ether oxygens (including phenoxy) is 1. The zero-order chi connectivity index (χ0) is 26.7. The van der Waals surface area contributed by atoms with Gasteiger partial charge in [0.2, 0.25) is 11.0 Å². The summed E-state index contributed by atoms with van der Waals surface area (Å²) >= 11 is 2.78. The molecule has 0 aliphatic rings. The van der Waals surface area contributed by atoms with E-state index >= 15 is 0 Å². The van der Waals surface area contributed by atoms with Gasteiger partial charge in [-0.25, -0.2) is 4.79 Å². The highest BCUT2D eigenvalue weighted by molar-refractivity contribution is 8.14. The van der Waals surface area contributed by atoms with Gasteiger partial charge in [0.1, 0.15) is 6.04 Å². The monoisotopic (exact) mass is 543 g/mol. The number of hydrogen-bond acceptors (Lipinski definition) is 6. The summed E-state index contributed by atoms with van der Waals surface area (Å²) in [5.74, 6) is -1.01. The van der Waals surface area contributed by atoms with Crippen LogP contribution >= 0.6 is 23.1 Å². The number of amides is 1. The lowest BCUT2D eigenvalue weighted by atomic mass is 9.98. The second-order valence-electron chi connectivity index (χ2n) is 8.81. The number of carbonyl (C=O) groups is 3. The predicted octanol–water partition coefficient (Wildman–Crippen LogP) is 6.05. The number of thioether (sulfide) groups is 1. The molecule has 5 nitrogen and oxygen atoms in total. The Morgan fingerprint density at radius 3 is 2.11 bits per heavy atom. The van der Waals surface area contributed by atoms with Crippen LogP contribution in [0.3, 0.4) is 0 Å². The van der Waals surface area contributed by atoms with Gasteiger partial charge in [-0.15, -0.1) is 11.3 Å². The van der Waals surface area contributed by atoms with Crippen molar-refractivity contribution in [1.29, 1.82) is 0 Å². The Labute approximate surface area is 231 Å². The van der Waals surface area contributed by atoms with E-state index in [2.05, 4.69) is 11.4 Å². The molecule has 2 atom stereocenters. The minimum absolute atomic E-state index is 0.0909. The van der Waals surface area contributed by atoms with E-state index in [4.69, 9.17) is 4.74 Å². The topological polar surface area (TPSA) is 72.5 Å². The Bertz CT molecular complexity index is 1320. The molecule has 0 bridgehead atoms. The highest BCUT2D eigenvalue weighted by Crippen LogP contribution is 2.25.